The lowest BCUT2D eigenvalue weighted by Gasteiger charge is -2.26. The first-order chi connectivity index (χ1) is 18.4. The molecule has 0 saturated carbocycles. The Bertz CT molecular complexity index is 1250. The fraction of sp³-hybridized carbons (Fsp3) is 0.344. The summed E-state index contributed by atoms with van der Waals surface area (Å²) in [4.78, 5) is 13.9. The van der Waals surface area contributed by atoms with Crippen molar-refractivity contribution in [2.75, 3.05) is 26.2 Å². The number of nitroso groups, excluding NO2 is 1. The second kappa shape index (κ2) is 16.2. The third-order valence-electron chi connectivity index (χ3n) is 6.08. The number of benzene rings is 3. The van der Waals surface area contributed by atoms with Crippen LogP contribution in [0.2, 0.25) is 0 Å². The highest BCUT2D eigenvalue weighted by molar-refractivity contribution is 5.83. The summed E-state index contributed by atoms with van der Waals surface area (Å²) < 4.78 is 12.9. The Morgan fingerprint density at radius 3 is 2.21 bits per heavy atom. The van der Waals surface area contributed by atoms with Gasteiger partial charge in [-0.05, 0) is 81.6 Å². The number of pyridine rings is 1. The normalized spacial score (nSPS) is 12.4. The number of halogens is 1. The average molecular weight is 515 g/mol. The molecule has 6 heteroatoms. The van der Waals surface area contributed by atoms with Gasteiger partial charge in [-0.1, -0.05) is 65.8 Å². The van der Waals surface area contributed by atoms with E-state index in [1.54, 1.807) is 19.1 Å². The number of para-hydroxylation sites is 1. The molecule has 0 bridgehead atoms. The molecule has 2 N–H and O–H groups in total. The van der Waals surface area contributed by atoms with E-state index in [0.29, 0.717) is 24.2 Å². The highest BCUT2D eigenvalue weighted by Gasteiger charge is 2.17. The molecule has 38 heavy (non-hydrogen) atoms. The Labute approximate surface area is 226 Å². The zero-order valence-corrected chi connectivity index (χ0v) is 22.7. The van der Waals surface area contributed by atoms with E-state index in [1.165, 1.54) is 42.3 Å². The van der Waals surface area contributed by atoms with Crippen molar-refractivity contribution < 1.29 is 4.39 Å². The monoisotopic (exact) mass is 514 g/mol. The molecule has 2 heterocycles. The van der Waals surface area contributed by atoms with E-state index < -0.39 is 0 Å². The molecule has 200 valence electrons. The standard InChI is InChI=1S/C16H20N2O.C10H8FN.C4H9N.C2H2/c1-16(2,17-9-10-18-19)12-13-7-8-14-5-3-4-6-15(14)11-13;1-7-6-8-4-2-3-5-9(8)12-10(7)11;1-2-4-5-3-1;1-2/h3-8,11,17H,9-10,12H2,1-2H3;2-6H,1H3;5H,1-4H2;1-2H. The van der Waals surface area contributed by atoms with Crippen molar-refractivity contribution in [3.8, 4) is 12.8 Å². The molecule has 1 aliphatic heterocycles. The molecule has 1 saturated heterocycles. The summed E-state index contributed by atoms with van der Waals surface area (Å²) >= 11 is 0. The first-order valence-corrected chi connectivity index (χ1v) is 13.0. The molecule has 1 aromatic heterocycles. The number of terminal acetylenes is 1. The first kappa shape index (κ1) is 30.6. The van der Waals surface area contributed by atoms with Crippen molar-refractivity contribution in [1.29, 1.82) is 0 Å². The van der Waals surface area contributed by atoms with E-state index in [2.05, 4.69) is 90.0 Å². The topological polar surface area (TPSA) is 66.4 Å². The molecule has 0 radical (unpaired) electrons. The molecule has 0 aliphatic carbocycles. The van der Waals surface area contributed by atoms with Gasteiger partial charge in [0.25, 0.3) is 0 Å². The number of hydrogen-bond donors (Lipinski definition) is 2. The maximum Gasteiger partial charge on any atom is 0.216 e. The van der Waals surface area contributed by atoms with Crippen LogP contribution in [-0.2, 0) is 6.42 Å². The van der Waals surface area contributed by atoms with Crippen LogP contribution < -0.4 is 10.6 Å². The highest BCUT2D eigenvalue weighted by atomic mass is 19.1. The Morgan fingerprint density at radius 2 is 1.58 bits per heavy atom. The lowest BCUT2D eigenvalue weighted by Crippen LogP contribution is -2.42. The van der Waals surface area contributed by atoms with Crippen LogP contribution in [0.3, 0.4) is 0 Å². The van der Waals surface area contributed by atoms with Gasteiger partial charge >= 0.3 is 0 Å². The van der Waals surface area contributed by atoms with E-state index in [0.717, 1.165) is 11.8 Å². The van der Waals surface area contributed by atoms with Crippen molar-refractivity contribution in [3.63, 3.8) is 0 Å². The number of hydrogen-bond acceptors (Lipinski definition) is 5. The average Bonchev–Trinajstić information content (AvgIpc) is 3.51. The highest BCUT2D eigenvalue weighted by Crippen LogP contribution is 2.19. The number of aromatic nitrogens is 1. The number of nitrogens with one attached hydrogen (secondary N) is 2. The van der Waals surface area contributed by atoms with Crippen LogP contribution in [0, 0.1) is 30.6 Å². The van der Waals surface area contributed by atoms with Gasteiger partial charge in [0, 0.05) is 23.0 Å². The summed E-state index contributed by atoms with van der Waals surface area (Å²) in [5, 5.41) is 13.0. The van der Waals surface area contributed by atoms with E-state index in [4.69, 9.17) is 0 Å². The number of aryl methyl sites for hydroxylation is 1. The maximum absolute atomic E-state index is 12.9. The van der Waals surface area contributed by atoms with E-state index in [1.807, 2.05) is 18.2 Å². The molecular formula is C32H39FN4O. The third kappa shape index (κ3) is 10.4. The van der Waals surface area contributed by atoms with Gasteiger partial charge in [0.15, 0.2) is 0 Å². The van der Waals surface area contributed by atoms with Crippen molar-refractivity contribution in [2.24, 2.45) is 5.18 Å². The Hall–Kier alpha value is -3.66. The summed E-state index contributed by atoms with van der Waals surface area (Å²) in [7, 11) is 0. The van der Waals surface area contributed by atoms with Gasteiger partial charge in [-0.2, -0.15) is 9.30 Å². The van der Waals surface area contributed by atoms with Crippen LogP contribution in [0.15, 0.2) is 78.0 Å². The second-order valence-electron chi connectivity index (χ2n) is 9.77. The quantitative estimate of drug-likeness (QED) is 0.128. The van der Waals surface area contributed by atoms with Gasteiger partial charge in [-0.3, -0.25) is 0 Å². The zero-order chi connectivity index (χ0) is 27.8. The minimum Gasteiger partial charge on any atom is -0.317 e. The molecule has 0 unspecified atom stereocenters. The van der Waals surface area contributed by atoms with Crippen LogP contribution in [0.25, 0.3) is 21.7 Å². The molecule has 0 amide bonds. The van der Waals surface area contributed by atoms with Crippen LogP contribution >= 0.6 is 0 Å². The SMILES string of the molecule is C#C.C1CCNC1.CC(C)(Cc1ccc2ccccc2c1)NCCN=O.Cc1cc2ccccc2nc1F. The molecule has 0 spiro atoms. The summed E-state index contributed by atoms with van der Waals surface area (Å²) in [6, 6.07) is 24.2. The van der Waals surface area contributed by atoms with Crippen molar-refractivity contribution in [3.05, 3.63) is 94.8 Å². The van der Waals surface area contributed by atoms with Gasteiger partial charge in [0.05, 0.1) is 12.1 Å². The number of fused-ring (bicyclic) bond motifs is 2. The number of rotatable bonds is 6. The van der Waals surface area contributed by atoms with E-state index >= 15 is 0 Å². The van der Waals surface area contributed by atoms with Gasteiger partial charge < -0.3 is 10.6 Å². The van der Waals surface area contributed by atoms with Crippen LogP contribution in [0.5, 0.6) is 0 Å². The molecule has 0 atom stereocenters. The lowest BCUT2D eigenvalue weighted by molar-refractivity contribution is 0.392. The van der Waals surface area contributed by atoms with Gasteiger partial charge in [-0.15, -0.1) is 12.8 Å². The van der Waals surface area contributed by atoms with Crippen molar-refractivity contribution in [1.82, 2.24) is 15.6 Å². The Balaban J connectivity index is 0.000000225. The van der Waals surface area contributed by atoms with Gasteiger partial charge in [0.2, 0.25) is 5.95 Å². The van der Waals surface area contributed by atoms with E-state index in [-0.39, 0.29) is 11.5 Å². The summed E-state index contributed by atoms with van der Waals surface area (Å²) in [6.45, 7) is 9.46. The lowest BCUT2D eigenvalue weighted by atomic mass is 9.93. The fourth-order valence-electron chi connectivity index (χ4n) is 4.18. The smallest absolute Gasteiger partial charge is 0.216 e. The number of nitrogens with zero attached hydrogens (tertiary/aromatic N) is 2. The minimum atomic E-state index is -0.381. The summed E-state index contributed by atoms with van der Waals surface area (Å²) in [5.74, 6) is -0.381. The Kier molecular flexibility index (Phi) is 13.1. The summed E-state index contributed by atoms with van der Waals surface area (Å²) in [5.41, 5.74) is 2.57. The maximum atomic E-state index is 12.9. The minimum absolute atomic E-state index is 0.0346. The van der Waals surface area contributed by atoms with Crippen molar-refractivity contribution in [2.45, 2.75) is 45.6 Å². The first-order valence-electron chi connectivity index (χ1n) is 13.0. The predicted octanol–water partition coefficient (Wildman–Crippen LogP) is 6.82. The predicted molar refractivity (Wildman–Crippen MR) is 159 cm³/mol. The molecule has 1 fully saturated rings. The molecule has 5 rings (SSSR count). The largest absolute Gasteiger partial charge is 0.317 e. The van der Waals surface area contributed by atoms with Crippen LogP contribution in [0.4, 0.5) is 4.39 Å². The van der Waals surface area contributed by atoms with Crippen LogP contribution in [0.1, 0.15) is 37.8 Å². The molecule has 4 aromatic rings. The second-order valence-corrected chi connectivity index (χ2v) is 9.77. The van der Waals surface area contributed by atoms with Crippen molar-refractivity contribution >= 4 is 21.7 Å². The molecular weight excluding hydrogens is 475 g/mol. The molecule has 5 nitrogen and oxygen atoms in total. The molecule has 3 aromatic carbocycles. The van der Waals surface area contributed by atoms with Crippen LogP contribution in [-0.4, -0.2) is 36.7 Å². The molecule has 1 aliphatic rings. The zero-order valence-electron chi connectivity index (χ0n) is 22.7. The van der Waals surface area contributed by atoms with E-state index in [9.17, 15) is 9.30 Å². The van der Waals surface area contributed by atoms with Gasteiger partial charge in [0.1, 0.15) is 0 Å². The Morgan fingerprint density at radius 1 is 0.947 bits per heavy atom. The third-order valence-corrected chi connectivity index (χ3v) is 6.08. The fourth-order valence-corrected chi connectivity index (χ4v) is 4.18. The van der Waals surface area contributed by atoms with Gasteiger partial charge in [-0.25, -0.2) is 4.98 Å². The summed E-state index contributed by atoms with van der Waals surface area (Å²) in [6.07, 6.45) is 11.7.